The number of fused-ring (bicyclic) bond motifs is 1. The highest BCUT2D eigenvalue weighted by Crippen LogP contribution is 2.21. The van der Waals surface area contributed by atoms with E-state index >= 15 is 0 Å². The van der Waals surface area contributed by atoms with Crippen molar-refractivity contribution in [3.63, 3.8) is 0 Å². The molecule has 2 heterocycles. The minimum atomic E-state index is -0.668. The summed E-state index contributed by atoms with van der Waals surface area (Å²) in [7, 11) is 0. The lowest BCUT2D eigenvalue weighted by Gasteiger charge is -2.04. The molecule has 68 valence electrons. The number of aromatic amines is 1. The molecule has 0 bridgehead atoms. The molecule has 1 N–H and O–H groups in total. The predicted octanol–water partition coefficient (Wildman–Crippen LogP) is 2.22. The summed E-state index contributed by atoms with van der Waals surface area (Å²) in [4.78, 5) is 10.3. The number of halogens is 1. The highest BCUT2D eigenvalue weighted by Gasteiger charge is 2.10. The van der Waals surface area contributed by atoms with E-state index in [2.05, 4.69) is 15.0 Å². The SMILES string of the molecule is CC(C)c1nc(F)nc2[nH]ccc12. The van der Waals surface area contributed by atoms with Crippen molar-refractivity contribution in [2.75, 3.05) is 0 Å². The lowest BCUT2D eigenvalue weighted by Crippen LogP contribution is -1.99. The van der Waals surface area contributed by atoms with Gasteiger partial charge < -0.3 is 4.98 Å². The quantitative estimate of drug-likeness (QED) is 0.682. The molecule has 0 aliphatic carbocycles. The molecule has 2 rings (SSSR count). The normalized spacial score (nSPS) is 11.4. The van der Waals surface area contributed by atoms with Gasteiger partial charge in [-0.1, -0.05) is 13.8 Å². The maximum absolute atomic E-state index is 12.9. The molecule has 2 aromatic heterocycles. The number of H-pyrrole nitrogens is 1. The van der Waals surface area contributed by atoms with Crippen molar-refractivity contribution in [2.24, 2.45) is 0 Å². The van der Waals surface area contributed by atoms with Gasteiger partial charge >= 0.3 is 6.08 Å². The molecule has 2 aromatic rings. The van der Waals surface area contributed by atoms with Crippen molar-refractivity contribution < 1.29 is 4.39 Å². The Hall–Kier alpha value is -1.45. The maximum atomic E-state index is 12.9. The van der Waals surface area contributed by atoms with Crippen LogP contribution in [0.4, 0.5) is 4.39 Å². The smallest absolute Gasteiger partial charge is 0.310 e. The van der Waals surface area contributed by atoms with E-state index in [1.807, 2.05) is 19.9 Å². The Morgan fingerprint density at radius 3 is 2.85 bits per heavy atom. The number of hydrogen-bond acceptors (Lipinski definition) is 2. The third-order valence-electron chi connectivity index (χ3n) is 1.96. The van der Waals surface area contributed by atoms with Gasteiger partial charge in [0.05, 0.1) is 5.69 Å². The third kappa shape index (κ3) is 1.28. The van der Waals surface area contributed by atoms with Crippen LogP contribution in [0.5, 0.6) is 0 Å². The van der Waals surface area contributed by atoms with Crippen LogP contribution in [0.15, 0.2) is 12.3 Å². The van der Waals surface area contributed by atoms with Crippen LogP contribution in [-0.2, 0) is 0 Å². The Morgan fingerprint density at radius 2 is 2.15 bits per heavy atom. The van der Waals surface area contributed by atoms with E-state index in [4.69, 9.17) is 0 Å². The predicted molar refractivity (Wildman–Crippen MR) is 47.9 cm³/mol. The van der Waals surface area contributed by atoms with E-state index in [0.29, 0.717) is 5.65 Å². The molecule has 4 heteroatoms. The van der Waals surface area contributed by atoms with Crippen molar-refractivity contribution in [1.82, 2.24) is 15.0 Å². The average molecular weight is 179 g/mol. The fourth-order valence-electron chi connectivity index (χ4n) is 1.38. The van der Waals surface area contributed by atoms with Crippen molar-refractivity contribution >= 4 is 11.0 Å². The van der Waals surface area contributed by atoms with Crippen LogP contribution in [-0.4, -0.2) is 15.0 Å². The number of nitrogens with one attached hydrogen (secondary N) is 1. The van der Waals surface area contributed by atoms with Gasteiger partial charge in [-0.2, -0.15) is 9.37 Å². The minimum Gasteiger partial charge on any atom is -0.346 e. The molecule has 0 aromatic carbocycles. The van der Waals surface area contributed by atoms with Crippen LogP contribution in [0, 0.1) is 6.08 Å². The van der Waals surface area contributed by atoms with E-state index in [-0.39, 0.29) is 5.92 Å². The number of rotatable bonds is 1. The molecule has 0 atom stereocenters. The number of hydrogen-bond donors (Lipinski definition) is 1. The molecule has 0 amide bonds. The Bertz CT molecular complexity index is 433. The largest absolute Gasteiger partial charge is 0.346 e. The van der Waals surface area contributed by atoms with Crippen molar-refractivity contribution in [2.45, 2.75) is 19.8 Å². The first-order valence-corrected chi connectivity index (χ1v) is 4.19. The molecule has 0 spiro atoms. The summed E-state index contributed by atoms with van der Waals surface area (Å²) >= 11 is 0. The number of aromatic nitrogens is 3. The Balaban J connectivity index is 2.77. The van der Waals surface area contributed by atoms with E-state index < -0.39 is 6.08 Å². The second-order valence-corrected chi connectivity index (χ2v) is 3.27. The summed E-state index contributed by atoms with van der Waals surface area (Å²) in [5.74, 6) is 0.204. The van der Waals surface area contributed by atoms with Crippen LogP contribution in [0.3, 0.4) is 0 Å². The third-order valence-corrected chi connectivity index (χ3v) is 1.96. The van der Waals surface area contributed by atoms with Gasteiger partial charge in [-0.25, -0.2) is 4.98 Å². The minimum absolute atomic E-state index is 0.204. The van der Waals surface area contributed by atoms with E-state index in [9.17, 15) is 4.39 Å². The standard InChI is InChI=1S/C9H10FN3/c1-5(2)7-6-3-4-11-8(6)13-9(10)12-7/h3-5H,1-2H3,(H,11,12,13). The summed E-state index contributed by atoms with van der Waals surface area (Å²) in [5.41, 5.74) is 1.32. The molecule has 0 fully saturated rings. The van der Waals surface area contributed by atoms with Gasteiger partial charge in [0.2, 0.25) is 0 Å². The van der Waals surface area contributed by atoms with Crippen LogP contribution < -0.4 is 0 Å². The van der Waals surface area contributed by atoms with Gasteiger partial charge in [-0.3, -0.25) is 0 Å². The molecule has 0 aliphatic heterocycles. The van der Waals surface area contributed by atoms with Gasteiger partial charge in [0.15, 0.2) is 0 Å². The molecule has 0 aliphatic rings. The molecule has 0 radical (unpaired) electrons. The van der Waals surface area contributed by atoms with Crippen LogP contribution >= 0.6 is 0 Å². The van der Waals surface area contributed by atoms with E-state index in [0.717, 1.165) is 11.1 Å². The van der Waals surface area contributed by atoms with Gasteiger partial charge in [-0.05, 0) is 12.0 Å². The summed E-state index contributed by atoms with van der Waals surface area (Å²) in [5, 5.41) is 0.899. The first-order chi connectivity index (χ1) is 6.18. The van der Waals surface area contributed by atoms with E-state index in [1.165, 1.54) is 0 Å². The molecule has 0 saturated heterocycles. The first-order valence-electron chi connectivity index (χ1n) is 4.19. The lowest BCUT2D eigenvalue weighted by atomic mass is 10.1. The first kappa shape index (κ1) is 8.16. The van der Waals surface area contributed by atoms with E-state index in [1.54, 1.807) is 6.20 Å². The summed E-state index contributed by atoms with van der Waals surface area (Å²) in [6.45, 7) is 3.96. The monoisotopic (exact) mass is 179 g/mol. The molecule has 13 heavy (non-hydrogen) atoms. The second-order valence-electron chi connectivity index (χ2n) is 3.27. The summed E-state index contributed by atoms with van der Waals surface area (Å²) in [6, 6.07) is 1.87. The summed E-state index contributed by atoms with van der Waals surface area (Å²) < 4.78 is 12.9. The van der Waals surface area contributed by atoms with Crippen LogP contribution in [0.1, 0.15) is 25.5 Å². The second kappa shape index (κ2) is 2.80. The molecule has 0 unspecified atom stereocenters. The molecular formula is C9H10FN3. The van der Waals surface area contributed by atoms with Crippen LogP contribution in [0.25, 0.3) is 11.0 Å². The topological polar surface area (TPSA) is 41.6 Å². The number of nitrogens with zero attached hydrogens (tertiary/aromatic N) is 2. The van der Waals surface area contributed by atoms with Gasteiger partial charge in [0.1, 0.15) is 5.65 Å². The van der Waals surface area contributed by atoms with Crippen molar-refractivity contribution in [3.05, 3.63) is 24.0 Å². The highest BCUT2D eigenvalue weighted by molar-refractivity contribution is 5.78. The fraction of sp³-hybridized carbons (Fsp3) is 0.333. The fourth-order valence-corrected chi connectivity index (χ4v) is 1.38. The van der Waals surface area contributed by atoms with Gasteiger partial charge in [0, 0.05) is 11.6 Å². The average Bonchev–Trinajstić information content (AvgIpc) is 2.49. The zero-order valence-electron chi connectivity index (χ0n) is 7.50. The Morgan fingerprint density at radius 1 is 1.38 bits per heavy atom. The molecule has 3 nitrogen and oxygen atoms in total. The summed E-state index contributed by atoms with van der Waals surface area (Å²) in [6.07, 6.45) is 1.07. The molecule has 0 saturated carbocycles. The molecular weight excluding hydrogens is 169 g/mol. The zero-order chi connectivity index (χ0) is 9.42. The van der Waals surface area contributed by atoms with Gasteiger partial charge in [0.25, 0.3) is 0 Å². The zero-order valence-corrected chi connectivity index (χ0v) is 7.50. The Kier molecular flexibility index (Phi) is 1.76. The van der Waals surface area contributed by atoms with Crippen molar-refractivity contribution in [1.29, 1.82) is 0 Å². The Labute approximate surface area is 75.0 Å². The maximum Gasteiger partial charge on any atom is 0.310 e. The van der Waals surface area contributed by atoms with Crippen LogP contribution in [0.2, 0.25) is 0 Å². The lowest BCUT2D eigenvalue weighted by molar-refractivity contribution is 0.534. The highest BCUT2D eigenvalue weighted by atomic mass is 19.1. The van der Waals surface area contributed by atoms with Crippen molar-refractivity contribution in [3.8, 4) is 0 Å². The van der Waals surface area contributed by atoms with Gasteiger partial charge in [-0.15, -0.1) is 0 Å².